The first-order chi connectivity index (χ1) is 9.90. The van der Waals surface area contributed by atoms with Gasteiger partial charge in [-0.05, 0) is 43.4 Å². The van der Waals surface area contributed by atoms with E-state index in [1.165, 1.54) is 44.7 Å². The summed E-state index contributed by atoms with van der Waals surface area (Å²) in [5.74, 6) is -0.00616. The van der Waals surface area contributed by atoms with E-state index in [1.807, 2.05) is 0 Å². The molecule has 1 aromatic carbocycles. The SMILES string of the molecule is Cc1cc(N)cc(S(=O)(=O)NCCCC2CCCC2)c1F. The van der Waals surface area contributed by atoms with E-state index < -0.39 is 15.8 Å². The number of hydrogen-bond donors (Lipinski definition) is 2. The Balaban J connectivity index is 1.95. The number of halogens is 1. The highest BCUT2D eigenvalue weighted by Crippen LogP contribution is 2.28. The molecule has 0 aliphatic heterocycles. The van der Waals surface area contributed by atoms with Crippen molar-refractivity contribution >= 4 is 15.7 Å². The molecule has 6 heteroatoms. The largest absolute Gasteiger partial charge is 0.399 e. The Morgan fingerprint density at radius 3 is 2.67 bits per heavy atom. The van der Waals surface area contributed by atoms with Gasteiger partial charge in [0.05, 0.1) is 0 Å². The van der Waals surface area contributed by atoms with Crippen LogP contribution >= 0.6 is 0 Å². The number of benzene rings is 1. The number of anilines is 1. The molecule has 1 aliphatic rings. The molecule has 0 saturated heterocycles. The lowest BCUT2D eigenvalue weighted by molar-refractivity contribution is 0.480. The van der Waals surface area contributed by atoms with Crippen LogP contribution < -0.4 is 10.5 Å². The molecule has 1 fully saturated rings. The lowest BCUT2D eigenvalue weighted by Crippen LogP contribution is -2.26. The first kappa shape index (κ1) is 16.2. The molecule has 1 saturated carbocycles. The third kappa shape index (κ3) is 4.17. The Morgan fingerprint density at radius 2 is 2.00 bits per heavy atom. The predicted molar refractivity (Wildman–Crippen MR) is 81.9 cm³/mol. The molecular formula is C15H23FN2O2S. The van der Waals surface area contributed by atoms with Gasteiger partial charge in [0, 0.05) is 12.2 Å². The third-order valence-corrected chi connectivity index (χ3v) is 5.55. The van der Waals surface area contributed by atoms with Crippen LogP contribution in [0.15, 0.2) is 17.0 Å². The highest BCUT2D eigenvalue weighted by molar-refractivity contribution is 7.89. The summed E-state index contributed by atoms with van der Waals surface area (Å²) >= 11 is 0. The van der Waals surface area contributed by atoms with Crippen molar-refractivity contribution in [3.05, 3.63) is 23.5 Å². The highest BCUT2D eigenvalue weighted by atomic mass is 32.2. The van der Waals surface area contributed by atoms with Crippen molar-refractivity contribution < 1.29 is 12.8 Å². The minimum Gasteiger partial charge on any atom is -0.399 e. The first-order valence-corrected chi connectivity index (χ1v) is 8.94. The Bertz CT molecular complexity index is 596. The molecule has 0 aromatic heterocycles. The van der Waals surface area contributed by atoms with Gasteiger partial charge in [0.2, 0.25) is 10.0 Å². The zero-order valence-electron chi connectivity index (χ0n) is 12.4. The van der Waals surface area contributed by atoms with Gasteiger partial charge in [-0.2, -0.15) is 0 Å². The van der Waals surface area contributed by atoms with Crippen LogP contribution in [-0.4, -0.2) is 15.0 Å². The molecule has 118 valence electrons. The van der Waals surface area contributed by atoms with E-state index in [1.54, 1.807) is 0 Å². The van der Waals surface area contributed by atoms with Gasteiger partial charge < -0.3 is 5.73 Å². The molecule has 0 heterocycles. The van der Waals surface area contributed by atoms with Crippen LogP contribution in [0.25, 0.3) is 0 Å². The number of rotatable bonds is 6. The van der Waals surface area contributed by atoms with Crippen LogP contribution in [0.2, 0.25) is 0 Å². The Morgan fingerprint density at radius 1 is 1.33 bits per heavy atom. The first-order valence-electron chi connectivity index (χ1n) is 7.45. The van der Waals surface area contributed by atoms with Crippen molar-refractivity contribution in [1.29, 1.82) is 0 Å². The Kier molecular flexibility index (Phi) is 5.22. The summed E-state index contributed by atoms with van der Waals surface area (Å²) in [5, 5.41) is 0. The molecular weight excluding hydrogens is 291 g/mol. The van der Waals surface area contributed by atoms with Crippen LogP contribution in [0.1, 0.15) is 44.1 Å². The maximum atomic E-state index is 14.0. The number of hydrogen-bond acceptors (Lipinski definition) is 3. The fourth-order valence-corrected chi connectivity index (χ4v) is 4.19. The fourth-order valence-electron chi connectivity index (χ4n) is 2.93. The molecule has 0 unspecified atom stereocenters. The van der Waals surface area contributed by atoms with Crippen LogP contribution in [0.5, 0.6) is 0 Å². The normalized spacial score (nSPS) is 16.5. The van der Waals surface area contributed by atoms with Crippen molar-refractivity contribution in [3.8, 4) is 0 Å². The van der Waals surface area contributed by atoms with Crippen molar-refractivity contribution in [2.24, 2.45) is 5.92 Å². The second kappa shape index (κ2) is 6.75. The van der Waals surface area contributed by atoms with Gasteiger partial charge >= 0.3 is 0 Å². The van der Waals surface area contributed by atoms with Crippen LogP contribution in [0, 0.1) is 18.7 Å². The molecule has 0 atom stereocenters. The number of nitrogens with two attached hydrogens (primary N) is 1. The van der Waals surface area contributed by atoms with E-state index in [-0.39, 0.29) is 16.1 Å². The van der Waals surface area contributed by atoms with Gasteiger partial charge in [0.15, 0.2) is 0 Å². The van der Waals surface area contributed by atoms with E-state index >= 15 is 0 Å². The molecule has 0 bridgehead atoms. The number of aryl methyl sites for hydroxylation is 1. The van der Waals surface area contributed by atoms with Crippen LogP contribution in [0.4, 0.5) is 10.1 Å². The summed E-state index contributed by atoms with van der Waals surface area (Å²) in [6.45, 7) is 1.84. The van der Waals surface area contributed by atoms with Crippen molar-refractivity contribution in [2.75, 3.05) is 12.3 Å². The monoisotopic (exact) mass is 314 g/mol. The zero-order chi connectivity index (χ0) is 15.5. The summed E-state index contributed by atoms with van der Waals surface area (Å²) < 4.78 is 40.7. The standard InChI is InChI=1S/C15H23FN2O2S/c1-11-9-13(17)10-14(15(11)16)21(19,20)18-8-4-7-12-5-2-3-6-12/h9-10,12,18H,2-8,17H2,1H3. The van der Waals surface area contributed by atoms with Gasteiger partial charge in [-0.25, -0.2) is 17.5 Å². The van der Waals surface area contributed by atoms with Gasteiger partial charge in [0.1, 0.15) is 10.7 Å². The van der Waals surface area contributed by atoms with E-state index in [0.29, 0.717) is 6.54 Å². The highest BCUT2D eigenvalue weighted by Gasteiger charge is 2.21. The van der Waals surface area contributed by atoms with E-state index in [0.717, 1.165) is 18.8 Å². The molecule has 21 heavy (non-hydrogen) atoms. The lowest BCUT2D eigenvalue weighted by atomic mass is 10.0. The summed E-state index contributed by atoms with van der Waals surface area (Å²) in [6.07, 6.45) is 6.87. The maximum absolute atomic E-state index is 14.0. The zero-order valence-corrected chi connectivity index (χ0v) is 13.2. The second-order valence-electron chi connectivity index (χ2n) is 5.84. The minimum absolute atomic E-state index is 0.237. The van der Waals surface area contributed by atoms with Crippen molar-refractivity contribution in [3.63, 3.8) is 0 Å². The lowest BCUT2D eigenvalue weighted by Gasteiger charge is -2.11. The molecule has 1 aromatic rings. The molecule has 3 N–H and O–H groups in total. The summed E-state index contributed by atoms with van der Waals surface area (Å²) in [6, 6.07) is 2.59. The van der Waals surface area contributed by atoms with Crippen LogP contribution in [0.3, 0.4) is 0 Å². The van der Waals surface area contributed by atoms with Gasteiger partial charge in [-0.3, -0.25) is 0 Å². The average Bonchev–Trinajstić information content (AvgIpc) is 2.92. The van der Waals surface area contributed by atoms with Gasteiger partial charge in [-0.15, -0.1) is 0 Å². The van der Waals surface area contributed by atoms with Gasteiger partial charge in [0.25, 0.3) is 0 Å². The molecule has 0 spiro atoms. The molecule has 4 nitrogen and oxygen atoms in total. The number of nitrogens with one attached hydrogen (secondary N) is 1. The third-order valence-electron chi connectivity index (χ3n) is 4.09. The van der Waals surface area contributed by atoms with E-state index in [2.05, 4.69) is 4.72 Å². The Labute approximate surface area is 126 Å². The van der Waals surface area contributed by atoms with E-state index in [9.17, 15) is 12.8 Å². The summed E-state index contributed by atoms with van der Waals surface area (Å²) in [7, 11) is -3.84. The molecule has 0 amide bonds. The van der Waals surface area contributed by atoms with Crippen molar-refractivity contribution in [1.82, 2.24) is 4.72 Å². The molecule has 1 aliphatic carbocycles. The number of sulfonamides is 1. The van der Waals surface area contributed by atoms with Crippen molar-refractivity contribution in [2.45, 2.75) is 50.3 Å². The second-order valence-corrected chi connectivity index (χ2v) is 7.58. The minimum atomic E-state index is -3.84. The average molecular weight is 314 g/mol. The van der Waals surface area contributed by atoms with Crippen LogP contribution in [-0.2, 0) is 10.0 Å². The topological polar surface area (TPSA) is 72.2 Å². The van der Waals surface area contributed by atoms with Gasteiger partial charge in [-0.1, -0.05) is 25.7 Å². The molecule has 0 radical (unpaired) electrons. The summed E-state index contributed by atoms with van der Waals surface area (Å²) in [5.41, 5.74) is 6.09. The maximum Gasteiger partial charge on any atom is 0.243 e. The predicted octanol–water partition coefficient (Wildman–Crippen LogP) is 2.97. The summed E-state index contributed by atoms with van der Waals surface area (Å²) in [4.78, 5) is -0.360. The quantitative estimate of drug-likeness (QED) is 0.626. The Hall–Kier alpha value is -1.14. The fraction of sp³-hybridized carbons (Fsp3) is 0.600. The number of nitrogen functional groups attached to an aromatic ring is 1. The smallest absolute Gasteiger partial charge is 0.243 e. The van der Waals surface area contributed by atoms with E-state index in [4.69, 9.17) is 5.73 Å². The molecule has 2 rings (SSSR count).